The van der Waals surface area contributed by atoms with Crippen molar-refractivity contribution in [2.24, 2.45) is 0 Å². The van der Waals surface area contributed by atoms with Gasteiger partial charge < -0.3 is 15.4 Å². The molecule has 0 aromatic heterocycles. The molecule has 4 rings (SSSR count). The maximum Gasteiger partial charge on any atom is 0.123 e. The number of ether oxygens (including phenoxy) is 1. The zero-order valence-corrected chi connectivity index (χ0v) is 11.4. The number of nitrogens with zero attached hydrogens (tertiary/aromatic N) is 1. The van der Waals surface area contributed by atoms with Crippen LogP contribution in [0.2, 0.25) is 0 Å². The van der Waals surface area contributed by atoms with E-state index in [-0.39, 0.29) is 6.10 Å². The zero-order valence-electron chi connectivity index (χ0n) is 11.4. The number of anilines is 2. The summed E-state index contributed by atoms with van der Waals surface area (Å²) in [7, 11) is 0. The van der Waals surface area contributed by atoms with Gasteiger partial charge in [0.2, 0.25) is 0 Å². The quantitative estimate of drug-likeness (QED) is 0.849. The van der Waals surface area contributed by atoms with Crippen LogP contribution < -0.4 is 15.4 Å². The molecule has 3 heteroatoms. The van der Waals surface area contributed by atoms with Gasteiger partial charge in [-0.15, -0.1) is 0 Å². The lowest BCUT2D eigenvalue weighted by atomic mass is 10.1. The van der Waals surface area contributed by atoms with E-state index in [9.17, 15) is 0 Å². The molecule has 0 fully saturated rings. The van der Waals surface area contributed by atoms with E-state index in [1.807, 2.05) is 12.1 Å². The molecule has 0 saturated carbocycles. The van der Waals surface area contributed by atoms with Crippen molar-refractivity contribution in [3.8, 4) is 5.75 Å². The van der Waals surface area contributed by atoms with Crippen LogP contribution in [0.5, 0.6) is 5.75 Å². The zero-order chi connectivity index (χ0) is 13.5. The van der Waals surface area contributed by atoms with Crippen molar-refractivity contribution in [3.63, 3.8) is 0 Å². The van der Waals surface area contributed by atoms with Crippen LogP contribution >= 0.6 is 0 Å². The predicted molar refractivity (Wildman–Crippen MR) is 81.3 cm³/mol. The second-order valence-corrected chi connectivity index (χ2v) is 5.64. The molecule has 20 heavy (non-hydrogen) atoms. The highest BCUT2D eigenvalue weighted by molar-refractivity contribution is 5.64. The Labute approximate surface area is 119 Å². The Hall–Kier alpha value is -2.16. The molecule has 3 nitrogen and oxygen atoms in total. The van der Waals surface area contributed by atoms with Crippen LogP contribution in [0.3, 0.4) is 0 Å². The van der Waals surface area contributed by atoms with Crippen molar-refractivity contribution < 1.29 is 4.74 Å². The second-order valence-electron chi connectivity index (χ2n) is 5.64. The fourth-order valence-corrected chi connectivity index (χ4v) is 3.25. The number of benzene rings is 2. The molecule has 2 heterocycles. The van der Waals surface area contributed by atoms with E-state index in [1.54, 1.807) is 0 Å². The van der Waals surface area contributed by atoms with Crippen LogP contribution in [0.25, 0.3) is 0 Å². The Kier molecular flexibility index (Phi) is 2.59. The van der Waals surface area contributed by atoms with Crippen molar-refractivity contribution in [2.75, 3.05) is 23.7 Å². The minimum absolute atomic E-state index is 0.250. The lowest BCUT2D eigenvalue weighted by molar-refractivity contribution is 0.238. The van der Waals surface area contributed by atoms with E-state index in [0.29, 0.717) is 0 Å². The number of nitrogens with two attached hydrogens (primary N) is 1. The van der Waals surface area contributed by atoms with Gasteiger partial charge in [-0.1, -0.05) is 24.3 Å². The van der Waals surface area contributed by atoms with Gasteiger partial charge in [-0.05, 0) is 35.7 Å². The first-order valence-electron chi connectivity index (χ1n) is 7.17. The number of hydrogen-bond donors (Lipinski definition) is 1. The molecule has 0 saturated heterocycles. The fourth-order valence-electron chi connectivity index (χ4n) is 3.25. The first-order valence-corrected chi connectivity index (χ1v) is 7.17. The molecule has 0 aliphatic carbocycles. The number of hydrogen-bond acceptors (Lipinski definition) is 3. The smallest absolute Gasteiger partial charge is 0.123 e. The average Bonchev–Trinajstić information content (AvgIpc) is 3.03. The molecular formula is C17H18N2O. The summed E-state index contributed by atoms with van der Waals surface area (Å²) < 4.78 is 6.04. The SMILES string of the molecule is Nc1ccc2c(c1)N(CC1Cc3ccccc3O1)CC2. The monoisotopic (exact) mass is 266 g/mol. The summed E-state index contributed by atoms with van der Waals surface area (Å²) in [6.45, 7) is 2.00. The van der Waals surface area contributed by atoms with E-state index in [2.05, 4.69) is 35.2 Å². The van der Waals surface area contributed by atoms with Crippen molar-refractivity contribution in [2.45, 2.75) is 18.9 Å². The minimum Gasteiger partial charge on any atom is -0.488 e. The molecule has 0 spiro atoms. The van der Waals surface area contributed by atoms with E-state index in [1.165, 1.54) is 16.8 Å². The van der Waals surface area contributed by atoms with Crippen molar-refractivity contribution in [1.82, 2.24) is 0 Å². The van der Waals surface area contributed by atoms with Gasteiger partial charge in [0.1, 0.15) is 11.9 Å². The van der Waals surface area contributed by atoms with Gasteiger partial charge in [-0.2, -0.15) is 0 Å². The summed E-state index contributed by atoms with van der Waals surface area (Å²) in [5.41, 5.74) is 10.8. The second kappa shape index (κ2) is 4.44. The summed E-state index contributed by atoms with van der Waals surface area (Å²) in [6.07, 6.45) is 2.36. The molecule has 1 unspecified atom stereocenters. The highest BCUT2D eigenvalue weighted by Crippen LogP contribution is 2.33. The van der Waals surface area contributed by atoms with Gasteiger partial charge in [0.15, 0.2) is 0 Å². The average molecular weight is 266 g/mol. The number of rotatable bonds is 2. The normalized spacial score (nSPS) is 19.6. The maximum atomic E-state index is 6.04. The molecule has 0 bridgehead atoms. The predicted octanol–water partition coefficient (Wildman–Crippen LogP) is 2.64. The van der Waals surface area contributed by atoms with E-state index >= 15 is 0 Å². The molecule has 2 aliphatic rings. The van der Waals surface area contributed by atoms with Crippen LogP contribution in [-0.2, 0) is 12.8 Å². The summed E-state index contributed by atoms with van der Waals surface area (Å²) in [5, 5.41) is 0. The first-order chi connectivity index (χ1) is 9.79. The highest BCUT2D eigenvalue weighted by atomic mass is 16.5. The Morgan fingerprint density at radius 2 is 2.05 bits per heavy atom. The van der Waals surface area contributed by atoms with E-state index in [0.717, 1.165) is 37.4 Å². The third kappa shape index (κ3) is 1.90. The summed E-state index contributed by atoms with van der Waals surface area (Å²) in [4.78, 5) is 2.40. The molecule has 2 aromatic rings. The van der Waals surface area contributed by atoms with Gasteiger partial charge in [-0.25, -0.2) is 0 Å². The Balaban J connectivity index is 1.52. The van der Waals surface area contributed by atoms with Crippen molar-refractivity contribution >= 4 is 11.4 Å². The molecule has 1 atom stereocenters. The van der Waals surface area contributed by atoms with Crippen LogP contribution in [0.4, 0.5) is 11.4 Å². The number of para-hydroxylation sites is 1. The van der Waals surface area contributed by atoms with Crippen molar-refractivity contribution in [3.05, 3.63) is 53.6 Å². The first kappa shape index (κ1) is 11.6. The lowest BCUT2D eigenvalue weighted by Gasteiger charge is -2.23. The molecular weight excluding hydrogens is 248 g/mol. The number of fused-ring (bicyclic) bond motifs is 2. The molecule has 0 radical (unpaired) electrons. The molecule has 2 aliphatic heterocycles. The number of nitrogen functional groups attached to an aromatic ring is 1. The molecule has 2 aromatic carbocycles. The van der Waals surface area contributed by atoms with Crippen LogP contribution in [0.1, 0.15) is 11.1 Å². The molecule has 102 valence electrons. The van der Waals surface area contributed by atoms with E-state index < -0.39 is 0 Å². The third-order valence-corrected chi connectivity index (χ3v) is 4.24. The standard InChI is InChI=1S/C17H18N2O/c18-14-6-5-12-7-8-19(16(12)10-14)11-15-9-13-3-1-2-4-17(13)20-15/h1-6,10,15H,7-9,11,18H2. The van der Waals surface area contributed by atoms with Gasteiger partial charge >= 0.3 is 0 Å². The van der Waals surface area contributed by atoms with Gasteiger partial charge in [-0.3, -0.25) is 0 Å². The Bertz CT molecular complexity index is 628. The summed E-state index contributed by atoms with van der Waals surface area (Å²) in [5.74, 6) is 1.05. The van der Waals surface area contributed by atoms with Gasteiger partial charge in [0.05, 0.1) is 6.54 Å². The third-order valence-electron chi connectivity index (χ3n) is 4.24. The van der Waals surface area contributed by atoms with Gasteiger partial charge in [0.25, 0.3) is 0 Å². The largest absolute Gasteiger partial charge is 0.488 e. The van der Waals surface area contributed by atoms with Crippen LogP contribution in [0, 0.1) is 0 Å². The molecule has 2 N–H and O–H groups in total. The highest BCUT2D eigenvalue weighted by Gasteiger charge is 2.27. The van der Waals surface area contributed by atoms with Crippen molar-refractivity contribution in [1.29, 1.82) is 0 Å². The summed E-state index contributed by atoms with van der Waals surface area (Å²) >= 11 is 0. The summed E-state index contributed by atoms with van der Waals surface area (Å²) in [6, 6.07) is 14.6. The lowest BCUT2D eigenvalue weighted by Crippen LogP contribution is -2.33. The maximum absolute atomic E-state index is 6.04. The van der Waals surface area contributed by atoms with E-state index in [4.69, 9.17) is 10.5 Å². The molecule has 0 amide bonds. The Morgan fingerprint density at radius 3 is 2.95 bits per heavy atom. The van der Waals surface area contributed by atoms with Gasteiger partial charge in [0, 0.05) is 24.3 Å². The van der Waals surface area contributed by atoms with Crippen LogP contribution in [-0.4, -0.2) is 19.2 Å². The Morgan fingerprint density at radius 1 is 1.15 bits per heavy atom. The van der Waals surface area contributed by atoms with Crippen LogP contribution in [0.15, 0.2) is 42.5 Å². The fraction of sp³-hybridized carbons (Fsp3) is 0.294. The minimum atomic E-state index is 0.250. The topological polar surface area (TPSA) is 38.5 Å².